The molecule has 0 aliphatic carbocycles. The fraction of sp³-hybridized carbons (Fsp3) is 0.556. The van der Waals surface area contributed by atoms with Crippen LogP contribution in [0.1, 0.15) is 24.1 Å². The Hall–Kier alpha value is -1.73. The summed E-state index contributed by atoms with van der Waals surface area (Å²) in [5, 5.41) is 6.56. The third-order valence-electron chi connectivity index (χ3n) is 4.91. The van der Waals surface area contributed by atoms with Gasteiger partial charge in [-0.3, -0.25) is 9.69 Å². The van der Waals surface area contributed by atoms with Gasteiger partial charge in [-0.15, -0.1) is 5.10 Å². The van der Waals surface area contributed by atoms with Gasteiger partial charge in [-0.2, -0.15) is 0 Å². The molecule has 2 aliphatic heterocycles. The maximum atomic E-state index is 10.8. The van der Waals surface area contributed by atoms with Gasteiger partial charge < -0.3 is 9.64 Å². The molecule has 0 N–H and O–H groups in total. The molecule has 0 bridgehead atoms. The van der Waals surface area contributed by atoms with E-state index in [1.165, 1.54) is 16.1 Å². The van der Waals surface area contributed by atoms with Gasteiger partial charge in [0.15, 0.2) is 5.17 Å². The second-order valence-electron chi connectivity index (χ2n) is 6.43. The summed E-state index contributed by atoms with van der Waals surface area (Å²) in [4.78, 5) is 15.5. The first kappa shape index (κ1) is 18.1. The molecule has 1 fully saturated rings. The van der Waals surface area contributed by atoms with E-state index in [1.807, 2.05) is 6.26 Å². The van der Waals surface area contributed by atoms with Gasteiger partial charge in [0.1, 0.15) is 5.75 Å². The molecule has 2 heterocycles. The molecule has 0 saturated carbocycles. The second-order valence-corrected chi connectivity index (χ2v) is 7.20. The van der Waals surface area contributed by atoms with Crippen LogP contribution in [0, 0.1) is 0 Å². The highest BCUT2D eigenvalue weighted by Gasteiger charge is 2.25. The normalized spacial score (nSPS) is 19.3. The van der Waals surface area contributed by atoms with E-state index < -0.39 is 0 Å². The molecule has 0 aromatic heterocycles. The number of hydrogen-bond acceptors (Lipinski definition) is 5. The minimum atomic E-state index is 0.365. The molecule has 3 rings (SSSR count). The van der Waals surface area contributed by atoms with E-state index in [2.05, 4.69) is 40.0 Å². The number of amidine groups is 1. The lowest BCUT2D eigenvalue weighted by Gasteiger charge is -2.39. The van der Waals surface area contributed by atoms with E-state index in [0.717, 1.165) is 56.5 Å². The van der Waals surface area contributed by atoms with Crippen LogP contribution in [0.3, 0.4) is 0 Å². The number of thioether (sulfide) groups is 1. The Kier molecular flexibility index (Phi) is 5.86. The first-order valence-electron chi connectivity index (χ1n) is 8.67. The molecule has 1 aromatic carbocycles. The van der Waals surface area contributed by atoms with E-state index in [1.54, 1.807) is 18.8 Å². The van der Waals surface area contributed by atoms with Crippen molar-refractivity contribution in [3.63, 3.8) is 0 Å². The zero-order valence-corrected chi connectivity index (χ0v) is 16.0. The predicted molar refractivity (Wildman–Crippen MR) is 102 cm³/mol. The van der Waals surface area contributed by atoms with Gasteiger partial charge in [0.25, 0.3) is 0 Å². The van der Waals surface area contributed by atoms with Crippen LogP contribution in [0.25, 0.3) is 0 Å². The minimum absolute atomic E-state index is 0.365. The average molecular weight is 362 g/mol. The molecule has 0 radical (unpaired) electrons. The Labute approximate surface area is 153 Å². The van der Waals surface area contributed by atoms with Crippen molar-refractivity contribution >= 4 is 23.3 Å². The van der Waals surface area contributed by atoms with Crippen LogP contribution in [-0.2, 0) is 11.2 Å². The maximum Gasteiger partial charge on any atom is 0.229 e. The summed E-state index contributed by atoms with van der Waals surface area (Å²) in [6.07, 6.45) is 3.75. The number of fused-ring (bicyclic) bond motifs is 1. The van der Waals surface area contributed by atoms with Crippen molar-refractivity contribution in [2.45, 2.75) is 19.4 Å². The molecule has 1 unspecified atom stereocenters. The molecule has 25 heavy (non-hydrogen) atoms. The number of hydrazone groups is 1. The number of hydrogen-bond donors (Lipinski definition) is 0. The first-order valence-corrected chi connectivity index (χ1v) is 9.90. The molecule has 2 aliphatic rings. The maximum absolute atomic E-state index is 10.8. The van der Waals surface area contributed by atoms with Gasteiger partial charge in [0, 0.05) is 45.7 Å². The smallest absolute Gasteiger partial charge is 0.229 e. The zero-order valence-electron chi connectivity index (χ0n) is 15.1. The highest BCUT2D eigenvalue weighted by molar-refractivity contribution is 8.13. The predicted octanol–water partition coefficient (Wildman–Crippen LogP) is 2.02. The van der Waals surface area contributed by atoms with Crippen LogP contribution in [-0.4, -0.2) is 72.5 Å². The van der Waals surface area contributed by atoms with Crippen LogP contribution in [0.5, 0.6) is 5.75 Å². The number of nitrogens with zero attached hydrogens (tertiary/aromatic N) is 4. The number of carbonyl (C=O) groups is 1. The first-order chi connectivity index (χ1) is 12.1. The van der Waals surface area contributed by atoms with Gasteiger partial charge in [0.05, 0.1) is 6.61 Å². The highest BCUT2D eigenvalue weighted by atomic mass is 32.2. The molecule has 7 heteroatoms. The van der Waals surface area contributed by atoms with Gasteiger partial charge in [-0.25, -0.2) is 5.01 Å². The summed E-state index contributed by atoms with van der Waals surface area (Å²) < 4.78 is 5.71. The molecular weight excluding hydrogens is 336 g/mol. The standard InChI is InChI=1S/C18H26N4O2S/c1-14(16-5-4-15-6-11-24-17(15)12-16)21-7-9-22(10-8-21)18(25-3)19-20(2)13-23/h4-5,12-14H,6-11H2,1-3H3/b19-18-. The number of ether oxygens (including phenoxy) is 1. The van der Waals surface area contributed by atoms with Crippen LogP contribution in [0.15, 0.2) is 23.3 Å². The largest absolute Gasteiger partial charge is 0.493 e. The molecular formula is C18H26N4O2S. The van der Waals surface area contributed by atoms with Crippen molar-refractivity contribution in [3.05, 3.63) is 29.3 Å². The van der Waals surface area contributed by atoms with Gasteiger partial charge in [-0.1, -0.05) is 23.9 Å². The quantitative estimate of drug-likeness (QED) is 0.355. The van der Waals surface area contributed by atoms with Crippen LogP contribution >= 0.6 is 11.8 Å². The van der Waals surface area contributed by atoms with E-state index in [9.17, 15) is 4.79 Å². The number of carbonyl (C=O) groups excluding carboxylic acids is 1. The number of benzene rings is 1. The van der Waals surface area contributed by atoms with Crippen LogP contribution in [0.4, 0.5) is 0 Å². The Morgan fingerprint density at radius 1 is 1.36 bits per heavy atom. The zero-order chi connectivity index (χ0) is 17.8. The van der Waals surface area contributed by atoms with Crippen molar-refractivity contribution in [2.75, 3.05) is 46.1 Å². The highest BCUT2D eigenvalue weighted by Crippen LogP contribution is 2.31. The molecule has 6 nitrogen and oxygen atoms in total. The topological polar surface area (TPSA) is 48.4 Å². The van der Waals surface area contributed by atoms with E-state index in [-0.39, 0.29) is 0 Å². The van der Waals surface area contributed by atoms with Gasteiger partial charge in [0.2, 0.25) is 6.41 Å². The minimum Gasteiger partial charge on any atom is -0.493 e. The second kappa shape index (κ2) is 8.10. The molecule has 1 aromatic rings. The lowest BCUT2D eigenvalue weighted by atomic mass is 10.0. The SMILES string of the molecule is CS/C(=N\N(C)C=O)N1CCN(C(C)c2ccc3c(c2)OCC3)CC1. The fourth-order valence-corrected chi connectivity index (χ4v) is 4.00. The molecule has 1 amide bonds. The third kappa shape index (κ3) is 4.10. The lowest BCUT2D eigenvalue weighted by Crippen LogP contribution is -2.48. The Bertz CT molecular complexity index is 644. The van der Waals surface area contributed by atoms with Gasteiger partial charge in [-0.05, 0) is 30.4 Å². The lowest BCUT2D eigenvalue weighted by molar-refractivity contribution is -0.117. The van der Waals surface area contributed by atoms with Crippen LogP contribution < -0.4 is 4.74 Å². The monoisotopic (exact) mass is 362 g/mol. The van der Waals surface area contributed by atoms with Crippen molar-refractivity contribution < 1.29 is 9.53 Å². The van der Waals surface area contributed by atoms with Crippen molar-refractivity contribution in [1.82, 2.24) is 14.8 Å². The fourth-order valence-electron chi connectivity index (χ4n) is 3.35. The van der Waals surface area contributed by atoms with Crippen molar-refractivity contribution in [1.29, 1.82) is 0 Å². The molecule has 1 atom stereocenters. The third-order valence-corrected chi connectivity index (χ3v) is 5.62. The Morgan fingerprint density at radius 2 is 2.12 bits per heavy atom. The molecule has 136 valence electrons. The van der Waals surface area contributed by atoms with E-state index in [4.69, 9.17) is 4.74 Å². The van der Waals surface area contributed by atoms with Crippen molar-refractivity contribution in [2.24, 2.45) is 5.10 Å². The summed E-state index contributed by atoms with van der Waals surface area (Å²) in [7, 11) is 1.66. The van der Waals surface area contributed by atoms with E-state index in [0.29, 0.717) is 6.04 Å². The summed E-state index contributed by atoms with van der Waals surface area (Å²) in [5.41, 5.74) is 2.63. The average Bonchev–Trinajstić information content (AvgIpc) is 3.13. The number of piperazine rings is 1. The Balaban J connectivity index is 1.61. The number of rotatable bonds is 4. The summed E-state index contributed by atoms with van der Waals surface area (Å²) in [5.74, 6) is 1.05. The van der Waals surface area contributed by atoms with Crippen molar-refractivity contribution in [3.8, 4) is 5.75 Å². The molecule has 1 saturated heterocycles. The Morgan fingerprint density at radius 3 is 2.80 bits per heavy atom. The number of amides is 1. The summed E-state index contributed by atoms with van der Waals surface area (Å²) in [6.45, 7) is 6.84. The van der Waals surface area contributed by atoms with Crippen LogP contribution in [0.2, 0.25) is 0 Å². The summed E-state index contributed by atoms with van der Waals surface area (Å²) >= 11 is 1.58. The van der Waals surface area contributed by atoms with Gasteiger partial charge >= 0.3 is 0 Å². The summed E-state index contributed by atoms with van der Waals surface area (Å²) in [6, 6.07) is 7.01. The molecule has 0 spiro atoms. The van der Waals surface area contributed by atoms with E-state index >= 15 is 0 Å².